The molecular formula is C26H20F2N2O. The van der Waals surface area contributed by atoms with E-state index >= 15 is 0 Å². The predicted octanol–water partition coefficient (Wildman–Crippen LogP) is 5.24. The van der Waals surface area contributed by atoms with Crippen molar-refractivity contribution < 1.29 is 13.5 Å². The second-order valence-corrected chi connectivity index (χ2v) is 7.18. The van der Waals surface area contributed by atoms with Crippen LogP contribution in [0.3, 0.4) is 0 Å². The Hall–Kier alpha value is -3.62. The summed E-state index contributed by atoms with van der Waals surface area (Å²) in [5, 5.41) is 0.880. The van der Waals surface area contributed by atoms with Crippen molar-refractivity contribution in [2.24, 2.45) is 0 Å². The van der Waals surface area contributed by atoms with Gasteiger partial charge in [-0.05, 0) is 47.7 Å². The smallest absolute Gasteiger partial charge is 0.166 e. The van der Waals surface area contributed by atoms with Crippen LogP contribution in [-0.2, 0) is 24.2 Å². The maximum Gasteiger partial charge on any atom is 0.166 e. The molecule has 0 unspecified atom stereocenters. The quantitative estimate of drug-likeness (QED) is 0.419. The number of ether oxygens (including phenoxy) is 1. The minimum Gasteiger partial charge on any atom is -0.380 e. The fourth-order valence-corrected chi connectivity index (χ4v) is 3.25. The van der Waals surface area contributed by atoms with E-state index in [4.69, 9.17) is 4.74 Å². The lowest BCUT2D eigenvalue weighted by molar-refractivity contribution is 0.184. The molecule has 0 saturated carbocycles. The van der Waals surface area contributed by atoms with E-state index in [1.165, 1.54) is 5.56 Å². The monoisotopic (exact) mass is 414 g/mol. The average molecular weight is 414 g/mol. The molecule has 4 rings (SSSR count). The molecule has 1 aromatic heterocycles. The summed E-state index contributed by atoms with van der Waals surface area (Å²) < 4.78 is 32.2. The van der Waals surface area contributed by atoms with Gasteiger partial charge in [0.05, 0.1) is 6.61 Å². The number of rotatable bonds is 5. The SMILES string of the molecule is COCc1cnc(CCc2ccc(C#Cc3ccc4c(F)c(F)ccc4c3)cc2)nc1. The van der Waals surface area contributed by atoms with Crippen LogP contribution in [0.5, 0.6) is 0 Å². The molecular weight excluding hydrogens is 394 g/mol. The zero-order valence-corrected chi connectivity index (χ0v) is 17.0. The van der Waals surface area contributed by atoms with Crippen molar-refractivity contribution in [1.29, 1.82) is 0 Å². The van der Waals surface area contributed by atoms with E-state index in [2.05, 4.69) is 21.8 Å². The van der Waals surface area contributed by atoms with Gasteiger partial charge in [-0.1, -0.05) is 36.1 Å². The molecule has 0 N–H and O–H groups in total. The van der Waals surface area contributed by atoms with Crippen molar-refractivity contribution in [2.45, 2.75) is 19.4 Å². The summed E-state index contributed by atoms with van der Waals surface area (Å²) in [5.74, 6) is 5.33. The van der Waals surface area contributed by atoms with E-state index in [0.717, 1.165) is 41.4 Å². The van der Waals surface area contributed by atoms with Gasteiger partial charge in [-0.2, -0.15) is 0 Å². The van der Waals surface area contributed by atoms with Gasteiger partial charge >= 0.3 is 0 Å². The Labute approximate surface area is 179 Å². The molecule has 4 aromatic rings. The molecule has 0 amide bonds. The van der Waals surface area contributed by atoms with Crippen LogP contribution in [0.2, 0.25) is 0 Å². The minimum atomic E-state index is -0.846. The van der Waals surface area contributed by atoms with Crippen molar-refractivity contribution in [3.8, 4) is 11.8 Å². The third kappa shape index (κ3) is 5.11. The second kappa shape index (κ2) is 9.46. The van der Waals surface area contributed by atoms with Crippen LogP contribution in [0.1, 0.15) is 28.1 Å². The van der Waals surface area contributed by atoms with Crippen LogP contribution in [0.25, 0.3) is 10.8 Å². The first-order chi connectivity index (χ1) is 15.1. The fraction of sp³-hybridized carbons (Fsp3) is 0.154. The molecule has 3 nitrogen and oxygen atoms in total. The van der Waals surface area contributed by atoms with Gasteiger partial charge in [0, 0.05) is 48.0 Å². The summed E-state index contributed by atoms with van der Waals surface area (Å²) in [7, 11) is 1.65. The maximum absolute atomic E-state index is 13.8. The largest absolute Gasteiger partial charge is 0.380 e. The highest BCUT2D eigenvalue weighted by Gasteiger charge is 2.06. The van der Waals surface area contributed by atoms with Gasteiger partial charge in [0.1, 0.15) is 5.82 Å². The van der Waals surface area contributed by atoms with Crippen molar-refractivity contribution >= 4 is 10.8 Å². The number of methoxy groups -OCH3 is 1. The predicted molar refractivity (Wildman–Crippen MR) is 116 cm³/mol. The average Bonchev–Trinajstić information content (AvgIpc) is 2.80. The molecule has 0 bridgehead atoms. The fourth-order valence-electron chi connectivity index (χ4n) is 3.25. The molecule has 3 aromatic carbocycles. The summed E-state index contributed by atoms with van der Waals surface area (Å²) >= 11 is 0. The van der Waals surface area contributed by atoms with Gasteiger partial charge in [-0.25, -0.2) is 18.7 Å². The number of hydrogen-bond donors (Lipinski definition) is 0. The van der Waals surface area contributed by atoms with Crippen LogP contribution in [0, 0.1) is 23.5 Å². The summed E-state index contributed by atoms with van der Waals surface area (Å²) in [6.45, 7) is 0.511. The van der Waals surface area contributed by atoms with E-state index in [-0.39, 0.29) is 5.39 Å². The first kappa shape index (κ1) is 20.6. The molecule has 0 spiro atoms. The van der Waals surface area contributed by atoms with Crippen LogP contribution in [0.4, 0.5) is 8.78 Å². The third-order valence-electron chi connectivity index (χ3n) is 4.92. The molecule has 0 saturated heterocycles. The number of hydrogen-bond acceptors (Lipinski definition) is 3. The Morgan fingerprint density at radius 2 is 1.52 bits per heavy atom. The van der Waals surface area contributed by atoms with E-state index in [0.29, 0.717) is 12.0 Å². The normalized spacial score (nSPS) is 10.7. The molecule has 0 aliphatic carbocycles. The zero-order chi connectivity index (χ0) is 21.6. The highest BCUT2D eigenvalue weighted by atomic mass is 19.2. The Bertz CT molecular complexity index is 1260. The summed E-state index contributed by atoms with van der Waals surface area (Å²) in [6.07, 6.45) is 5.18. The first-order valence-corrected chi connectivity index (χ1v) is 9.90. The summed E-state index contributed by atoms with van der Waals surface area (Å²) in [5.41, 5.74) is 3.77. The van der Waals surface area contributed by atoms with Gasteiger partial charge < -0.3 is 4.74 Å². The summed E-state index contributed by atoms with van der Waals surface area (Å²) in [6, 6.07) is 15.7. The van der Waals surface area contributed by atoms with E-state index in [1.807, 2.05) is 24.3 Å². The molecule has 0 radical (unpaired) electrons. The Balaban J connectivity index is 1.40. The number of benzene rings is 3. The van der Waals surface area contributed by atoms with Crippen molar-refractivity contribution in [3.05, 3.63) is 107 Å². The van der Waals surface area contributed by atoms with Crippen molar-refractivity contribution in [2.75, 3.05) is 7.11 Å². The summed E-state index contributed by atoms with van der Waals surface area (Å²) in [4.78, 5) is 8.73. The highest BCUT2D eigenvalue weighted by molar-refractivity contribution is 5.84. The van der Waals surface area contributed by atoms with Crippen LogP contribution < -0.4 is 0 Å². The van der Waals surface area contributed by atoms with E-state index in [9.17, 15) is 8.78 Å². The molecule has 0 aliphatic rings. The van der Waals surface area contributed by atoms with Gasteiger partial charge in [0.2, 0.25) is 0 Å². The lowest BCUT2D eigenvalue weighted by atomic mass is 10.1. The molecule has 0 fully saturated rings. The first-order valence-electron chi connectivity index (χ1n) is 9.90. The van der Waals surface area contributed by atoms with Gasteiger partial charge in [-0.3, -0.25) is 0 Å². The zero-order valence-electron chi connectivity index (χ0n) is 17.0. The topological polar surface area (TPSA) is 35.0 Å². The third-order valence-corrected chi connectivity index (χ3v) is 4.92. The van der Waals surface area contributed by atoms with Crippen LogP contribution in [0.15, 0.2) is 67.0 Å². The van der Waals surface area contributed by atoms with Gasteiger partial charge in [-0.15, -0.1) is 0 Å². The number of aryl methyl sites for hydroxylation is 2. The minimum absolute atomic E-state index is 0.257. The van der Waals surface area contributed by atoms with Gasteiger partial charge in [0.25, 0.3) is 0 Å². The second-order valence-electron chi connectivity index (χ2n) is 7.18. The standard InChI is InChI=1S/C26H20F2N2O/c1-31-17-21-15-29-25(30-16-21)13-9-19-4-2-18(3-5-19)6-7-20-8-11-23-22(14-20)10-12-24(27)26(23)28/h2-5,8,10-12,14-16H,9,13,17H2,1H3. The van der Waals surface area contributed by atoms with Gasteiger partial charge in [0.15, 0.2) is 11.6 Å². The molecule has 1 heterocycles. The molecule has 154 valence electrons. The van der Waals surface area contributed by atoms with Crippen molar-refractivity contribution in [3.63, 3.8) is 0 Å². The molecule has 31 heavy (non-hydrogen) atoms. The maximum atomic E-state index is 13.8. The highest BCUT2D eigenvalue weighted by Crippen LogP contribution is 2.21. The lowest BCUT2D eigenvalue weighted by Gasteiger charge is -2.03. The number of aromatic nitrogens is 2. The van der Waals surface area contributed by atoms with Crippen molar-refractivity contribution in [1.82, 2.24) is 9.97 Å². The number of nitrogens with zero attached hydrogens (tertiary/aromatic N) is 2. The number of fused-ring (bicyclic) bond motifs is 1. The molecule has 5 heteroatoms. The Kier molecular flexibility index (Phi) is 6.30. The van der Waals surface area contributed by atoms with Crippen LogP contribution >= 0.6 is 0 Å². The van der Waals surface area contributed by atoms with Crippen LogP contribution in [-0.4, -0.2) is 17.1 Å². The Morgan fingerprint density at radius 1 is 0.806 bits per heavy atom. The van der Waals surface area contributed by atoms with E-state index < -0.39 is 11.6 Å². The molecule has 0 atom stereocenters. The number of halogens is 2. The molecule has 0 aliphatic heterocycles. The van der Waals surface area contributed by atoms with E-state index in [1.54, 1.807) is 43.8 Å². The Morgan fingerprint density at radius 3 is 2.26 bits per heavy atom. The lowest BCUT2D eigenvalue weighted by Crippen LogP contribution is -2.00.